The molecule has 6 rings (SSSR count). The van der Waals surface area contributed by atoms with Crippen molar-refractivity contribution in [1.82, 2.24) is 4.57 Å². The van der Waals surface area contributed by atoms with Crippen LogP contribution >= 0.6 is 0 Å². The van der Waals surface area contributed by atoms with Gasteiger partial charge in [0, 0.05) is 30.4 Å². The fourth-order valence-electron chi connectivity index (χ4n) is 5.56. The van der Waals surface area contributed by atoms with Gasteiger partial charge in [-0.05, 0) is 64.9 Å². The summed E-state index contributed by atoms with van der Waals surface area (Å²) in [5, 5.41) is 12.3. The van der Waals surface area contributed by atoms with Crippen LogP contribution in [0.15, 0.2) is 72.9 Å². The second-order valence-electron chi connectivity index (χ2n) is 9.53. The Hall–Kier alpha value is -4.19. The zero-order valence-electron chi connectivity index (χ0n) is 19.3. The van der Waals surface area contributed by atoms with E-state index in [1.165, 1.54) is 11.6 Å². The molecule has 5 nitrogen and oxygen atoms in total. The summed E-state index contributed by atoms with van der Waals surface area (Å²) in [5.74, 6) is -1.72. The van der Waals surface area contributed by atoms with Crippen LogP contribution in [0.5, 0.6) is 0 Å². The van der Waals surface area contributed by atoms with E-state index in [0.29, 0.717) is 17.7 Å². The Balaban J connectivity index is 1.38. The highest BCUT2D eigenvalue weighted by Gasteiger charge is 2.65. The molecule has 4 aromatic rings. The van der Waals surface area contributed by atoms with E-state index in [1.54, 1.807) is 29.9 Å². The molecule has 1 spiro atoms. The molecule has 1 fully saturated rings. The minimum Gasteiger partial charge on any atom is -0.477 e. The Labute approximate surface area is 201 Å². The Kier molecular flexibility index (Phi) is 4.52. The highest BCUT2D eigenvalue weighted by Crippen LogP contribution is 2.65. The van der Waals surface area contributed by atoms with Crippen molar-refractivity contribution in [1.29, 1.82) is 0 Å². The number of carbonyl (C=O) groups excluding carboxylic acids is 1. The van der Waals surface area contributed by atoms with Crippen molar-refractivity contribution < 1.29 is 19.1 Å². The first kappa shape index (κ1) is 21.4. The van der Waals surface area contributed by atoms with Crippen LogP contribution in [0, 0.1) is 12.7 Å². The van der Waals surface area contributed by atoms with E-state index in [-0.39, 0.29) is 17.5 Å². The molecule has 6 heteroatoms. The van der Waals surface area contributed by atoms with Crippen LogP contribution < -0.4 is 5.32 Å². The number of aromatic carboxylic acids is 1. The summed E-state index contributed by atoms with van der Waals surface area (Å²) < 4.78 is 16.7. The standard InChI is InChI=1S/C29H23FN2O3/c1-16-5-3-4-6-20(16)17-7-9-18(10-8-17)21-12-22-25(13-24(21)30)31-28(35)29(22)14-23(29)19-11-26(27(33)34)32(2)15-19/h3-13,15,23H,14H2,1-2H3,(H,31,35)(H,33,34). The van der Waals surface area contributed by atoms with Crippen molar-refractivity contribution in [2.45, 2.75) is 24.7 Å². The summed E-state index contributed by atoms with van der Waals surface area (Å²) in [6, 6.07) is 20.7. The highest BCUT2D eigenvalue weighted by atomic mass is 19.1. The molecule has 2 aliphatic rings. The third kappa shape index (κ3) is 3.13. The molecule has 2 heterocycles. The van der Waals surface area contributed by atoms with Gasteiger partial charge in [-0.3, -0.25) is 4.79 Å². The molecule has 1 aromatic heterocycles. The number of nitrogens with zero attached hydrogens (tertiary/aromatic N) is 1. The van der Waals surface area contributed by atoms with Crippen LogP contribution in [0.3, 0.4) is 0 Å². The van der Waals surface area contributed by atoms with Gasteiger partial charge < -0.3 is 15.0 Å². The topological polar surface area (TPSA) is 71.3 Å². The number of anilines is 1. The summed E-state index contributed by atoms with van der Waals surface area (Å²) in [6.07, 6.45) is 2.33. The molecule has 0 radical (unpaired) electrons. The van der Waals surface area contributed by atoms with Gasteiger partial charge in [0.1, 0.15) is 11.5 Å². The number of nitrogens with one attached hydrogen (secondary N) is 1. The number of carboxylic acids is 1. The van der Waals surface area contributed by atoms with E-state index in [9.17, 15) is 14.7 Å². The average Bonchev–Trinajstić information content (AvgIpc) is 3.38. The summed E-state index contributed by atoms with van der Waals surface area (Å²) in [5.41, 5.74) is 5.99. The summed E-state index contributed by atoms with van der Waals surface area (Å²) in [4.78, 5) is 24.5. The van der Waals surface area contributed by atoms with Crippen LogP contribution in [0.1, 0.15) is 39.5 Å². The van der Waals surface area contributed by atoms with Gasteiger partial charge in [-0.2, -0.15) is 0 Å². The second kappa shape index (κ2) is 7.40. The Bertz CT molecular complexity index is 1540. The van der Waals surface area contributed by atoms with E-state index >= 15 is 4.39 Å². The van der Waals surface area contributed by atoms with Gasteiger partial charge in [-0.25, -0.2) is 9.18 Å². The maximum absolute atomic E-state index is 15.2. The lowest BCUT2D eigenvalue weighted by Crippen LogP contribution is -2.20. The fourth-order valence-corrected chi connectivity index (χ4v) is 5.56. The minimum absolute atomic E-state index is 0.148. The highest BCUT2D eigenvalue weighted by molar-refractivity contribution is 6.10. The number of carboxylic acid groups (broad SMARTS) is 1. The monoisotopic (exact) mass is 466 g/mol. The molecule has 0 saturated heterocycles. The Morgan fingerprint density at radius 1 is 1.06 bits per heavy atom. The van der Waals surface area contributed by atoms with E-state index in [0.717, 1.165) is 27.8 Å². The zero-order chi connectivity index (χ0) is 24.5. The van der Waals surface area contributed by atoms with Crippen molar-refractivity contribution >= 4 is 17.6 Å². The molecule has 2 atom stereocenters. The smallest absolute Gasteiger partial charge is 0.352 e. The van der Waals surface area contributed by atoms with E-state index < -0.39 is 17.2 Å². The van der Waals surface area contributed by atoms with Gasteiger partial charge in [0.05, 0.1) is 5.41 Å². The van der Waals surface area contributed by atoms with Gasteiger partial charge >= 0.3 is 5.97 Å². The molecule has 1 amide bonds. The van der Waals surface area contributed by atoms with Gasteiger partial charge in [-0.15, -0.1) is 0 Å². The predicted octanol–water partition coefficient (Wildman–Crippen LogP) is 5.88. The van der Waals surface area contributed by atoms with Gasteiger partial charge in [0.25, 0.3) is 0 Å². The molecule has 1 saturated carbocycles. The number of carbonyl (C=O) groups is 2. The molecule has 3 aromatic carbocycles. The maximum Gasteiger partial charge on any atom is 0.352 e. The van der Waals surface area contributed by atoms with Crippen molar-refractivity contribution in [3.8, 4) is 22.3 Å². The Morgan fingerprint density at radius 2 is 1.74 bits per heavy atom. The number of halogens is 1. The largest absolute Gasteiger partial charge is 0.477 e. The normalized spacial score (nSPS) is 20.1. The number of rotatable bonds is 4. The number of hydrogen-bond acceptors (Lipinski definition) is 2. The molecule has 174 valence electrons. The van der Waals surface area contributed by atoms with Gasteiger partial charge in [0.15, 0.2) is 0 Å². The number of hydrogen-bond donors (Lipinski definition) is 2. The second-order valence-corrected chi connectivity index (χ2v) is 9.53. The Morgan fingerprint density at radius 3 is 2.40 bits per heavy atom. The van der Waals surface area contributed by atoms with Crippen molar-refractivity contribution in [3.63, 3.8) is 0 Å². The van der Waals surface area contributed by atoms with Crippen LogP contribution in [0.2, 0.25) is 0 Å². The average molecular weight is 467 g/mol. The molecular weight excluding hydrogens is 443 g/mol. The molecule has 0 bridgehead atoms. The van der Waals surface area contributed by atoms with Crippen LogP contribution in [0.4, 0.5) is 10.1 Å². The van der Waals surface area contributed by atoms with Crippen LogP contribution in [-0.2, 0) is 17.3 Å². The summed E-state index contributed by atoms with van der Waals surface area (Å²) in [7, 11) is 1.68. The molecule has 2 N–H and O–H groups in total. The lowest BCUT2D eigenvalue weighted by molar-refractivity contribution is -0.118. The van der Waals surface area contributed by atoms with Gasteiger partial charge in [-0.1, -0.05) is 48.5 Å². The van der Waals surface area contributed by atoms with Crippen molar-refractivity contribution in [3.05, 3.63) is 101 Å². The minimum atomic E-state index is -1.01. The van der Waals surface area contributed by atoms with Crippen molar-refractivity contribution in [2.75, 3.05) is 5.32 Å². The lowest BCUT2D eigenvalue weighted by Gasteiger charge is -2.12. The SMILES string of the molecule is Cc1ccccc1-c1ccc(-c2cc3c(cc2F)NC(=O)C32CC2c2cc(C(=O)O)n(C)c2)cc1. The number of fused-ring (bicyclic) bond motifs is 2. The van der Waals surface area contributed by atoms with E-state index in [1.807, 2.05) is 36.4 Å². The van der Waals surface area contributed by atoms with Gasteiger partial charge in [0.2, 0.25) is 5.91 Å². The summed E-state index contributed by atoms with van der Waals surface area (Å²) in [6.45, 7) is 2.06. The number of aryl methyl sites for hydroxylation is 2. The number of amides is 1. The third-order valence-corrected chi connectivity index (χ3v) is 7.50. The number of benzene rings is 3. The third-order valence-electron chi connectivity index (χ3n) is 7.50. The predicted molar refractivity (Wildman–Crippen MR) is 132 cm³/mol. The molecule has 2 unspecified atom stereocenters. The first-order valence-corrected chi connectivity index (χ1v) is 11.5. The molecule has 1 aliphatic carbocycles. The fraction of sp³-hybridized carbons (Fsp3) is 0.172. The van der Waals surface area contributed by atoms with Crippen LogP contribution in [-0.4, -0.2) is 21.6 Å². The van der Waals surface area contributed by atoms with E-state index in [2.05, 4.69) is 24.4 Å². The molecular formula is C29H23FN2O3. The van der Waals surface area contributed by atoms with Crippen molar-refractivity contribution in [2.24, 2.45) is 7.05 Å². The van der Waals surface area contributed by atoms with E-state index in [4.69, 9.17) is 0 Å². The van der Waals surface area contributed by atoms with Crippen LogP contribution in [0.25, 0.3) is 22.3 Å². The zero-order valence-corrected chi connectivity index (χ0v) is 19.3. The maximum atomic E-state index is 15.2. The lowest BCUT2D eigenvalue weighted by atomic mass is 9.89. The molecule has 35 heavy (non-hydrogen) atoms. The molecule has 1 aliphatic heterocycles. The quantitative estimate of drug-likeness (QED) is 0.394. The first-order chi connectivity index (χ1) is 16.8. The summed E-state index contributed by atoms with van der Waals surface area (Å²) >= 11 is 0. The number of aromatic nitrogens is 1. The first-order valence-electron chi connectivity index (χ1n) is 11.5.